The van der Waals surface area contributed by atoms with E-state index in [2.05, 4.69) is 4.98 Å². The lowest BCUT2D eigenvalue weighted by Gasteiger charge is -2.45. The zero-order valence-electron chi connectivity index (χ0n) is 32.2. The molecule has 1 aromatic carbocycles. The number of benzene rings is 1. The Balaban J connectivity index is 0.000000624. The van der Waals surface area contributed by atoms with E-state index < -0.39 is 57.9 Å². The number of hydrogen-bond donors (Lipinski definition) is 3. The molecule has 2 aliphatic heterocycles. The zero-order valence-corrected chi connectivity index (χ0v) is 33.1. The summed E-state index contributed by atoms with van der Waals surface area (Å²) in [6, 6.07) is 9.38. The third-order valence-electron chi connectivity index (χ3n) is 9.71. The summed E-state index contributed by atoms with van der Waals surface area (Å²) in [4.78, 5) is 44.2. The Morgan fingerprint density at radius 1 is 0.965 bits per heavy atom. The van der Waals surface area contributed by atoms with Gasteiger partial charge >= 0.3 is 18.3 Å². The van der Waals surface area contributed by atoms with Crippen LogP contribution in [0.5, 0.6) is 11.5 Å². The van der Waals surface area contributed by atoms with Gasteiger partial charge in [-0.15, -0.1) is 11.3 Å². The number of aliphatic carboxylic acids is 1. The second-order valence-electron chi connectivity index (χ2n) is 13.6. The molecule has 0 aliphatic carbocycles. The highest BCUT2D eigenvalue weighted by Gasteiger charge is 2.45. The molecule has 0 bridgehead atoms. The summed E-state index contributed by atoms with van der Waals surface area (Å²) in [5.41, 5.74) is -2.32. The minimum absolute atomic E-state index is 0.114. The number of aliphatic hydroxyl groups is 1. The van der Waals surface area contributed by atoms with E-state index in [0.717, 1.165) is 17.5 Å². The summed E-state index contributed by atoms with van der Waals surface area (Å²) in [6.45, 7) is 7.10. The number of piperidine rings is 2. The average molecular weight is 832 g/mol. The molecular formula is C40H51F6N3O7S. The molecule has 5 rings (SSSR count). The Hall–Kier alpha value is -4.38. The van der Waals surface area contributed by atoms with Crippen LogP contribution in [0.25, 0.3) is 0 Å². The Kier molecular flexibility index (Phi) is 17.6. The Labute approximate surface area is 332 Å². The number of unbranched alkanes of at least 4 members (excludes halogenated alkanes) is 2. The molecule has 17 heteroatoms. The molecule has 57 heavy (non-hydrogen) atoms. The van der Waals surface area contributed by atoms with E-state index in [1.807, 2.05) is 39.0 Å². The average Bonchev–Trinajstić information content (AvgIpc) is 3.64. The third kappa shape index (κ3) is 13.1. The molecule has 0 radical (unpaired) electrons. The Morgan fingerprint density at radius 3 is 2.23 bits per heavy atom. The highest BCUT2D eigenvalue weighted by Crippen LogP contribution is 2.40. The van der Waals surface area contributed by atoms with Crippen molar-refractivity contribution in [2.75, 3.05) is 26.2 Å². The molecule has 2 unspecified atom stereocenters. The fourth-order valence-electron chi connectivity index (χ4n) is 6.98. The van der Waals surface area contributed by atoms with Crippen molar-refractivity contribution < 1.29 is 60.8 Å². The first-order chi connectivity index (χ1) is 27.0. The highest BCUT2D eigenvalue weighted by atomic mass is 32.1. The zero-order chi connectivity index (χ0) is 42.4. The van der Waals surface area contributed by atoms with Crippen molar-refractivity contribution in [2.45, 2.75) is 109 Å². The van der Waals surface area contributed by atoms with Gasteiger partial charge in [-0.3, -0.25) is 19.4 Å². The maximum atomic E-state index is 13.9. The lowest BCUT2D eigenvalue weighted by Crippen LogP contribution is -2.55. The quantitative estimate of drug-likeness (QED) is 0.121. The molecule has 3 aromatic rings. The maximum absolute atomic E-state index is 13.9. The molecule has 0 spiro atoms. The van der Waals surface area contributed by atoms with Crippen molar-refractivity contribution in [2.24, 2.45) is 5.92 Å². The van der Waals surface area contributed by atoms with Crippen LogP contribution >= 0.6 is 11.3 Å². The highest BCUT2D eigenvalue weighted by molar-refractivity contribution is 7.10. The molecule has 2 fully saturated rings. The van der Waals surface area contributed by atoms with E-state index in [9.17, 15) is 45.8 Å². The molecule has 2 aliphatic rings. The second-order valence-corrected chi connectivity index (χ2v) is 14.5. The topological polar surface area (TPSA) is 140 Å². The molecule has 2 aromatic heterocycles. The number of carbonyl (C=O) groups excluding carboxylic acids is 2. The van der Waals surface area contributed by atoms with Crippen LogP contribution in [0, 0.1) is 5.92 Å². The predicted molar refractivity (Wildman–Crippen MR) is 202 cm³/mol. The van der Waals surface area contributed by atoms with Crippen LogP contribution in [-0.2, 0) is 27.5 Å². The van der Waals surface area contributed by atoms with Crippen LogP contribution in [0.3, 0.4) is 0 Å². The molecule has 10 nitrogen and oxygen atoms in total. The molecule has 2 atom stereocenters. The van der Waals surface area contributed by atoms with Crippen LogP contribution < -0.4 is 4.74 Å². The van der Waals surface area contributed by atoms with E-state index in [1.54, 1.807) is 11.0 Å². The maximum Gasteiger partial charge on any atom is 0.425 e. The smallest absolute Gasteiger partial charge is 0.425 e. The van der Waals surface area contributed by atoms with Gasteiger partial charge in [-0.1, -0.05) is 45.4 Å². The number of amides is 2. The number of hydrogen-bond acceptors (Lipinski definition) is 8. The van der Waals surface area contributed by atoms with E-state index in [0.29, 0.717) is 80.3 Å². The van der Waals surface area contributed by atoms with Crippen LogP contribution in [0.1, 0.15) is 111 Å². The number of likely N-dealkylation sites (tertiary alicyclic amines) is 2. The predicted octanol–water partition coefficient (Wildman–Crippen LogP) is 9.15. The summed E-state index contributed by atoms with van der Waals surface area (Å²) >= 11 is 0.481. The number of rotatable bonds is 12. The number of carboxylic acids is 1. The van der Waals surface area contributed by atoms with Crippen molar-refractivity contribution in [1.29, 1.82) is 0 Å². The van der Waals surface area contributed by atoms with Crippen molar-refractivity contribution in [1.82, 2.24) is 14.8 Å². The summed E-state index contributed by atoms with van der Waals surface area (Å²) in [6.07, 6.45) is -3.16. The number of carboxylic acid groups (broad SMARTS) is 1. The number of thiophene rings is 1. The van der Waals surface area contributed by atoms with E-state index in [1.165, 1.54) is 11.1 Å². The van der Waals surface area contributed by atoms with Gasteiger partial charge < -0.3 is 29.9 Å². The van der Waals surface area contributed by atoms with Gasteiger partial charge in [0.2, 0.25) is 5.91 Å². The van der Waals surface area contributed by atoms with Gasteiger partial charge in [0, 0.05) is 55.3 Å². The molecule has 4 heterocycles. The molecule has 316 valence electrons. The Bertz CT molecular complexity index is 1740. The van der Waals surface area contributed by atoms with Crippen molar-refractivity contribution in [3.8, 4) is 11.5 Å². The number of aromatic hydroxyl groups is 1. The minimum atomic E-state index is -4.74. The van der Waals surface area contributed by atoms with E-state index >= 15 is 0 Å². The van der Waals surface area contributed by atoms with Crippen molar-refractivity contribution >= 4 is 29.1 Å². The largest absolute Gasteiger partial charge is 0.507 e. The monoisotopic (exact) mass is 831 g/mol. The van der Waals surface area contributed by atoms with Gasteiger partial charge in [0.05, 0.1) is 23.7 Å². The number of nitrogens with zero attached hydrogens (tertiary/aromatic N) is 3. The fourth-order valence-corrected chi connectivity index (χ4v) is 7.62. The number of aromatic nitrogens is 1. The molecule has 2 amide bonds. The SMILES string of the molecule is CC.CCCC1C(C(=O)N2CCC(O)(c3ccccc3OCCCCCC(=O)O)CC2)CCCN1C(=O)c1ncccc1C(F)(F)F.Oc1csc(C(F)(F)F)c1. The van der Waals surface area contributed by atoms with Crippen LogP contribution in [0.2, 0.25) is 0 Å². The van der Waals surface area contributed by atoms with Gasteiger partial charge in [0.1, 0.15) is 22.1 Å². The van der Waals surface area contributed by atoms with E-state index in [4.69, 9.17) is 14.9 Å². The van der Waals surface area contributed by atoms with Crippen molar-refractivity contribution in [3.63, 3.8) is 0 Å². The fraction of sp³-hybridized carbons (Fsp3) is 0.550. The summed E-state index contributed by atoms with van der Waals surface area (Å²) < 4.78 is 82.1. The van der Waals surface area contributed by atoms with Crippen LogP contribution in [0.15, 0.2) is 54.0 Å². The number of ether oxygens (including phenoxy) is 1. The Morgan fingerprint density at radius 2 is 1.65 bits per heavy atom. The molecule has 0 saturated carbocycles. The molecular weight excluding hydrogens is 781 g/mol. The second kappa shape index (κ2) is 21.4. The summed E-state index contributed by atoms with van der Waals surface area (Å²) in [5.74, 6) is -2.15. The van der Waals surface area contributed by atoms with Crippen LogP contribution in [-0.4, -0.2) is 80.2 Å². The lowest BCUT2D eigenvalue weighted by atomic mass is 9.81. The number of para-hydroxylation sites is 1. The van der Waals surface area contributed by atoms with Gasteiger partial charge in [-0.2, -0.15) is 26.3 Å². The first-order valence-corrected chi connectivity index (χ1v) is 20.0. The van der Waals surface area contributed by atoms with Gasteiger partial charge in [-0.05, 0) is 69.6 Å². The number of halogens is 6. The normalized spacial score (nSPS) is 18.1. The van der Waals surface area contributed by atoms with Crippen molar-refractivity contribution in [3.05, 3.63) is 75.7 Å². The van der Waals surface area contributed by atoms with Crippen LogP contribution in [0.4, 0.5) is 26.3 Å². The summed E-state index contributed by atoms with van der Waals surface area (Å²) in [5, 5.41) is 30.0. The van der Waals surface area contributed by atoms with E-state index in [-0.39, 0.29) is 50.6 Å². The number of carbonyl (C=O) groups is 3. The van der Waals surface area contributed by atoms with Gasteiger partial charge in [-0.25, -0.2) is 0 Å². The first-order valence-electron chi connectivity index (χ1n) is 19.1. The molecule has 2 saturated heterocycles. The molecule has 3 N–H and O–H groups in total. The minimum Gasteiger partial charge on any atom is -0.507 e. The number of alkyl halides is 6. The number of pyridine rings is 1. The lowest BCUT2D eigenvalue weighted by molar-refractivity contribution is -0.144. The standard InChI is InChI=1S/C33H42F3N3O6.C5H3F3OS.C2H6/c1-2-10-26-23(11-9-19-39(26)31(43)29-25(33(34,35)36)13-8-18-37-29)30(42)38-20-16-32(44,17-21-38)24-12-5-6-14-27(24)45-22-7-3-4-15-28(40)41;6-5(7,8)4-1-3(9)2-10-4;1-2/h5-6,8,12-14,18,23,26,44H,2-4,7,9-11,15-17,19-22H2,1H3,(H,40,41);1-2,9H;1-2H3. The third-order valence-corrected chi connectivity index (χ3v) is 10.7. The van der Waals surface area contributed by atoms with Gasteiger partial charge in [0.25, 0.3) is 5.91 Å². The summed E-state index contributed by atoms with van der Waals surface area (Å²) in [7, 11) is 0. The first kappa shape index (κ1) is 47.0. The van der Waals surface area contributed by atoms with Gasteiger partial charge in [0.15, 0.2) is 0 Å².